The van der Waals surface area contributed by atoms with Gasteiger partial charge in [-0.15, -0.1) is 0 Å². The minimum absolute atomic E-state index is 0.0283. The largest absolute Gasteiger partial charge is 0.392 e. The van der Waals surface area contributed by atoms with Crippen molar-refractivity contribution in [1.82, 2.24) is 5.32 Å². The zero-order valence-corrected chi connectivity index (χ0v) is 4.50. The first-order chi connectivity index (χ1) is 3.91. The summed E-state index contributed by atoms with van der Waals surface area (Å²) in [5, 5.41) is 10.6. The molecule has 0 aliphatic rings. The molecule has 46 valence electrons. The fourth-order valence-corrected chi connectivity index (χ4v) is 0.274. The second kappa shape index (κ2) is 6.17. The van der Waals surface area contributed by atoms with Crippen molar-refractivity contribution in [3.8, 4) is 0 Å². The van der Waals surface area contributed by atoms with E-state index in [0.29, 0.717) is 13.0 Å². The Labute approximate surface area is 48.0 Å². The Morgan fingerprint density at radius 1 is 1.50 bits per heavy atom. The lowest BCUT2D eigenvalue weighted by Gasteiger charge is -1.85. The van der Waals surface area contributed by atoms with Crippen molar-refractivity contribution in [2.24, 2.45) is 0 Å². The van der Waals surface area contributed by atoms with E-state index >= 15 is 0 Å². The third-order valence-corrected chi connectivity index (χ3v) is 0.591. The quantitative estimate of drug-likeness (QED) is 0.288. The van der Waals surface area contributed by atoms with E-state index in [9.17, 15) is 4.79 Å². The van der Waals surface area contributed by atoms with Gasteiger partial charge in [-0.2, -0.15) is 0 Å². The molecule has 0 saturated heterocycles. The van der Waals surface area contributed by atoms with Gasteiger partial charge in [0.1, 0.15) is 0 Å². The summed E-state index contributed by atoms with van der Waals surface area (Å²) in [4.78, 5) is 9.56. The van der Waals surface area contributed by atoms with Crippen LogP contribution in [-0.2, 0) is 4.79 Å². The molecule has 0 aliphatic heterocycles. The van der Waals surface area contributed by atoms with Crippen LogP contribution in [0.3, 0.4) is 0 Å². The van der Waals surface area contributed by atoms with E-state index < -0.39 is 0 Å². The monoisotopic (exact) mass is 115 g/mol. The number of nitrogens with one attached hydrogen (secondary N) is 1. The molecule has 2 N–H and O–H groups in total. The Balaban J connectivity index is 2.90. The normalized spacial score (nSPS) is 9.62. The highest BCUT2D eigenvalue weighted by atomic mass is 16.2. The zero-order valence-electron chi connectivity index (χ0n) is 4.50. The maximum atomic E-state index is 9.56. The average Bonchev–Trinajstić information content (AvgIpc) is 1.81. The number of rotatable bonds is 4. The fraction of sp³-hybridized carbons (Fsp3) is 0.400. The molecule has 0 bridgehead atoms. The Morgan fingerprint density at radius 2 is 2.25 bits per heavy atom. The second-order valence-electron chi connectivity index (χ2n) is 1.18. The van der Waals surface area contributed by atoms with Crippen LogP contribution in [0.2, 0.25) is 0 Å². The highest BCUT2D eigenvalue weighted by molar-refractivity contribution is 5.46. The van der Waals surface area contributed by atoms with Crippen molar-refractivity contribution < 1.29 is 9.90 Å². The van der Waals surface area contributed by atoms with Crippen LogP contribution < -0.4 is 5.32 Å². The van der Waals surface area contributed by atoms with E-state index in [1.165, 1.54) is 0 Å². The van der Waals surface area contributed by atoms with Crippen LogP contribution in [0.15, 0.2) is 12.2 Å². The van der Waals surface area contributed by atoms with Gasteiger partial charge in [0, 0.05) is 6.54 Å². The van der Waals surface area contributed by atoms with Gasteiger partial charge < -0.3 is 10.4 Å². The van der Waals surface area contributed by atoms with Gasteiger partial charge in [-0.3, -0.25) is 4.79 Å². The highest BCUT2D eigenvalue weighted by Gasteiger charge is 1.69. The Bertz CT molecular complexity index is 80.5. The number of hydrogen-bond acceptors (Lipinski definition) is 2. The molecule has 3 nitrogen and oxygen atoms in total. The Morgan fingerprint density at radius 3 is 2.75 bits per heavy atom. The molecule has 0 fully saturated rings. The van der Waals surface area contributed by atoms with Gasteiger partial charge in [0.05, 0.1) is 6.61 Å². The smallest absolute Gasteiger partial charge is 0.207 e. The SMILES string of the molecule is O=CNC/C=C/CO. The lowest BCUT2D eigenvalue weighted by molar-refractivity contribution is -0.109. The van der Waals surface area contributed by atoms with Crippen LogP contribution in [-0.4, -0.2) is 24.7 Å². The first-order valence-corrected chi connectivity index (χ1v) is 2.34. The lowest BCUT2D eigenvalue weighted by atomic mass is 10.5. The topological polar surface area (TPSA) is 49.3 Å². The molecular weight excluding hydrogens is 106 g/mol. The van der Waals surface area contributed by atoms with E-state index in [1.807, 2.05) is 0 Å². The van der Waals surface area contributed by atoms with Crippen LogP contribution in [0.1, 0.15) is 0 Å². The predicted molar refractivity (Wildman–Crippen MR) is 30.3 cm³/mol. The molecule has 8 heavy (non-hydrogen) atoms. The molecule has 0 radical (unpaired) electrons. The first kappa shape index (κ1) is 7.17. The summed E-state index contributed by atoms with van der Waals surface area (Å²) >= 11 is 0. The van der Waals surface area contributed by atoms with Gasteiger partial charge in [0.25, 0.3) is 0 Å². The van der Waals surface area contributed by atoms with E-state index in [0.717, 1.165) is 0 Å². The van der Waals surface area contributed by atoms with Crippen LogP contribution in [0.4, 0.5) is 0 Å². The lowest BCUT2D eigenvalue weighted by Crippen LogP contribution is -2.09. The van der Waals surface area contributed by atoms with Gasteiger partial charge in [-0.05, 0) is 0 Å². The zero-order chi connectivity index (χ0) is 6.24. The van der Waals surface area contributed by atoms with E-state index in [-0.39, 0.29) is 6.61 Å². The molecular formula is C5H9NO2. The average molecular weight is 115 g/mol. The summed E-state index contributed by atoms with van der Waals surface area (Å²) in [6.45, 7) is 0.518. The summed E-state index contributed by atoms with van der Waals surface area (Å²) in [5.41, 5.74) is 0. The molecule has 0 aromatic rings. The Hall–Kier alpha value is -0.830. The van der Waals surface area contributed by atoms with Crippen LogP contribution in [0.25, 0.3) is 0 Å². The molecule has 0 unspecified atom stereocenters. The molecule has 1 amide bonds. The van der Waals surface area contributed by atoms with E-state index in [1.54, 1.807) is 12.2 Å². The number of carbonyl (C=O) groups is 1. The van der Waals surface area contributed by atoms with Crippen LogP contribution >= 0.6 is 0 Å². The summed E-state index contributed by atoms with van der Waals surface area (Å²) in [6.07, 6.45) is 3.85. The minimum atomic E-state index is 0.0283. The van der Waals surface area contributed by atoms with Crippen LogP contribution in [0.5, 0.6) is 0 Å². The molecule has 0 spiro atoms. The molecule has 3 heteroatoms. The van der Waals surface area contributed by atoms with Gasteiger partial charge in [-0.1, -0.05) is 12.2 Å². The van der Waals surface area contributed by atoms with Crippen molar-refractivity contribution in [2.45, 2.75) is 0 Å². The minimum Gasteiger partial charge on any atom is -0.392 e. The third kappa shape index (κ3) is 5.17. The number of carbonyl (C=O) groups excluding carboxylic acids is 1. The summed E-state index contributed by atoms with van der Waals surface area (Å²) < 4.78 is 0. The fourth-order valence-electron chi connectivity index (χ4n) is 0.274. The molecule has 0 aromatic carbocycles. The van der Waals surface area contributed by atoms with Gasteiger partial charge in [0.15, 0.2) is 0 Å². The van der Waals surface area contributed by atoms with E-state index in [2.05, 4.69) is 5.32 Å². The predicted octanol–water partition coefficient (Wildman–Crippen LogP) is -0.719. The molecule has 0 saturated carbocycles. The highest BCUT2D eigenvalue weighted by Crippen LogP contribution is 1.64. The summed E-state index contributed by atoms with van der Waals surface area (Å²) in [6, 6.07) is 0. The molecule has 0 aromatic heterocycles. The van der Waals surface area contributed by atoms with Crippen molar-refractivity contribution in [3.05, 3.63) is 12.2 Å². The maximum absolute atomic E-state index is 9.56. The Kier molecular flexibility index (Phi) is 5.53. The van der Waals surface area contributed by atoms with Gasteiger partial charge >= 0.3 is 0 Å². The van der Waals surface area contributed by atoms with Crippen LogP contribution in [0, 0.1) is 0 Å². The van der Waals surface area contributed by atoms with Gasteiger partial charge in [0.2, 0.25) is 6.41 Å². The van der Waals surface area contributed by atoms with Gasteiger partial charge in [-0.25, -0.2) is 0 Å². The molecule has 0 aliphatic carbocycles. The number of aliphatic hydroxyl groups is 1. The number of hydrogen-bond donors (Lipinski definition) is 2. The maximum Gasteiger partial charge on any atom is 0.207 e. The first-order valence-electron chi connectivity index (χ1n) is 2.34. The van der Waals surface area contributed by atoms with Crippen molar-refractivity contribution in [1.29, 1.82) is 0 Å². The van der Waals surface area contributed by atoms with Crippen molar-refractivity contribution >= 4 is 6.41 Å². The number of amides is 1. The summed E-state index contributed by atoms with van der Waals surface area (Å²) in [7, 11) is 0. The van der Waals surface area contributed by atoms with E-state index in [4.69, 9.17) is 5.11 Å². The standard InChI is InChI=1S/C5H9NO2/c7-4-2-1-3-6-5-8/h1-2,5,7H,3-4H2,(H,6,8)/b2-1+. The van der Waals surface area contributed by atoms with Crippen molar-refractivity contribution in [2.75, 3.05) is 13.2 Å². The summed E-state index contributed by atoms with van der Waals surface area (Å²) in [5.74, 6) is 0. The number of aliphatic hydroxyl groups excluding tert-OH is 1. The third-order valence-electron chi connectivity index (χ3n) is 0.591. The van der Waals surface area contributed by atoms with Crippen molar-refractivity contribution in [3.63, 3.8) is 0 Å². The second-order valence-corrected chi connectivity index (χ2v) is 1.18. The molecule has 0 atom stereocenters. The molecule has 0 heterocycles. The molecule has 0 rings (SSSR count).